The van der Waals surface area contributed by atoms with Crippen LogP contribution in [0.2, 0.25) is 5.02 Å². The maximum absolute atomic E-state index is 6.14. The Morgan fingerprint density at radius 3 is 2.63 bits per heavy atom. The molecule has 0 radical (unpaired) electrons. The predicted molar refractivity (Wildman–Crippen MR) is 72.3 cm³/mol. The summed E-state index contributed by atoms with van der Waals surface area (Å²) in [4.78, 5) is 10.3. The second-order valence-electron chi connectivity index (χ2n) is 5.14. The summed E-state index contributed by atoms with van der Waals surface area (Å²) in [6.45, 7) is 1.44. The fourth-order valence-corrected chi connectivity index (χ4v) is 3.19. The van der Waals surface area contributed by atoms with E-state index in [4.69, 9.17) is 21.1 Å². The van der Waals surface area contributed by atoms with Gasteiger partial charge in [0, 0.05) is 25.9 Å². The average molecular weight is 284 g/mol. The predicted octanol–water partition coefficient (Wildman–Crippen LogP) is 2.25. The van der Waals surface area contributed by atoms with Gasteiger partial charge in [-0.1, -0.05) is 11.6 Å². The van der Waals surface area contributed by atoms with Crippen LogP contribution >= 0.6 is 11.6 Å². The van der Waals surface area contributed by atoms with E-state index in [1.54, 1.807) is 6.20 Å². The highest BCUT2D eigenvalue weighted by Crippen LogP contribution is 2.38. The van der Waals surface area contributed by atoms with E-state index < -0.39 is 0 Å². The molecule has 2 aliphatic rings. The Balaban J connectivity index is 1.66. The molecule has 1 aromatic heterocycles. The lowest BCUT2D eigenvalue weighted by Crippen LogP contribution is -2.43. The minimum atomic E-state index is -0.313. The van der Waals surface area contributed by atoms with Crippen molar-refractivity contribution in [2.24, 2.45) is 0 Å². The minimum absolute atomic E-state index is 0.313. The van der Waals surface area contributed by atoms with Crippen LogP contribution in [0.1, 0.15) is 25.7 Å². The third-order valence-corrected chi connectivity index (χ3v) is 4.33. The molecule has 104 valence electrons. The van der Waals surface area contributed by atoms with Crippen molar-refractivity contribution in [3.05, 3.63) is 17.5 Å². The Kier molecular flexibility index (Phi) is 3.60. The molecule has 1 aromatic rings. The summed E-state index contributed by atoms with van der Waals surface area (Å²) < 4.78 is 11.5. The first kappa shape index (κ1) is 13.1. The molecule has 6 heteroatoms. The summed E-state index contributed by atoms with van der Waals surface area (Å²) in [6, 6.07) is 0.422. The molecule has 0 N–H and O–H groups in total. The summed E-state index contributed by atoms with van der Waals surface area (Å²) in [5.41, 5.74) is 0. The lowest BCUT2D eigenvalue weighted by molar-refractivity contribution is -0.178. The number of aromatic nitrogens is 2. The SMILES string of the molecule is CN(c1ncncc1Cl)C1CCC2(CC1)OCCO2. The van der Waals surface area contributed by atoms with Crippen molar-refractivity contribution in [3.63, 3.8) is 0 Å². The molecule has 2 heterocycles. The van der Waals surface area contributed by atoms with E-state index in [9.17, 15) is 0 Å². The number of hydrogen-bond acceptors (Lipinski definition) is 5. The van der Waals surface area contributed by atoms with Gasteiger partial charge in [-0.15, -0.1) is 0 Å². The quantitative estimate of drug-likeness (QED) is 0.833. The molecule has 1 saturated heterocycles. The zero-order valence-corrected chi connectivity index (χ0v) is 11.8. The van der Waals surface area contributed by atoms with Crippen molar-refractivity contribution in [3.8, 4) is 0 Å². The van der Waals surface area contributed by atoms with Gasteiger partial charge in [0.05, 0.1) is 19.4 Å². The second-order valence-corrected chi connectivity index (χ2v) is 5.55. The van der Waals surface area contributed by atoms with Crippen molar-refractivity contribution in [2.45, 2.75) is 37.5 Å². The molecule has 1 aliphatic heterocycles. The lowest BCUT2D eigenvalue weighted by atomic mass is 9.89. The molecule has 1 saturated carbocycles. The first-order chi connectivity index (χ1) is 9.20. The molecule has 2 fully saturated rings. The molecule has 0 atom stereocenters. The maximum atomic E-state index is 6.14. The molecule has 3 rings (SSSR count). The molecular formula is C13H18ClN3O2. The Labute approximate surface area is 117 Å². The number of ether oxygens (including phenoxy) is 2. The van der Waals surface area contributed by atoms with Gasteiger partial charge in [0.1, 0.15) is 11.3 Å². The molecule has 1 spiro atoms. The summed E-state index contributed by atoms with van der Waals surface area (Å²) in [5.74, 6) is 0.484. The highest BCUT2D eigenvalue weighted by Gasteiger charge is 2.41. The van der Waals surface area contributed by atoms with Crippen LogP contribution in [0.4, 0.5) is 5.82 Å². The Morgan fingerprint density at radius 1 is 1.32 bits per heavy atom. The van der Waals surface area contributed by atoms with Crippen LogP contribution in [0, 0.1) is 0 Å². The third kappa shape index (κ3) is 2.55. The molecule has 5 nitrogen and oxygen atoms in total. The van der Waals surface area contributed by atoms with Crippen LogP contribution in [0.5, 0.6) is 0 Å². The molecule has 0 bridgehead atoms. The van der Waals surface area contributed by atoms with Crippen molar-refractivity contribution in [2.75, 3.05) is 25.2 Å². The third-order valence-electron chi connectivity index (χ3n) is 4.06. The van der Waals surface area contributed by atoms with E-state index in [0.717, 1.165) is 44.7 Å². The van der Waals surface area contributed by atoms with E-state index in [0.29, 0.717) is 11.1 Å². The zero-order valence-electron chi connectivity index (χ0n) is 11.0. The van der Waals surface area contributed by atoms with Crippen molar-refractivity contribution in [1.29, 1.82) is 0 Å². The van der Waals surface area contributed by atoms with Gasteiger partial charge in [-0.2, -0.15) is 0 Å². The van der Waals surface area contributed by atoms with Crippen LogP contribution in [0.25, 0.3) is 0 Å². The van der Waals surface area contributed by atoms with Crippen LogP contribution in [0.3, 0.4) is 0 Å². The van der Waals surface area contributed by atoms with Crippen molar-refractivity contribution in [1.82, 2.24) is 9.97 Å². The van der Waals surface area contributed by atoms with Crippen molar-refractivity contribution >= 4 is 17.4 Å². The fraction of sp³-hybridized carbons (Fsp3) is 0.692. The fourth-order valence-electron chi connectivity index (χ4n) is 2.95. The minimum Gasteiger partial charge on any atom is -0.355 e. The number of hydrogen-bond donors (Lipinski definition) is 0. The highest BCUT2D eigenvalue weighted by atomic mass is 35.5. The number of rotatable bonds is 2. The number of nitrogens with zero attached hydrogens (tertiary/aromatic N) is 3. The monoisotopic (exact) mass is 283 g/mol. The molecule has 0 aromatic carbocycles. The molecule has 19 heavy (non-hydrogen) atoms. The van der Waals surface area contributed by atoms with Crippen LogP contribution in [-0.4, -0.2) is 42.1 Å². The Bertz CT molecular complexity index is 441. The van der Waals surface area contributed by atoms with Crippen LogP contribution in [-0.2, 0) is 9.47 Å². The molecular weight excluding hydrogens is 266 g/mol. The van der Waals surface area contributed by atoms with Gasteiger partial charge >= 0.3 is 0 Å². The van der Waals surface area contributed by atoms with Gasteiger partial charge in [-0.05, 0) is 12.8 Å². The number of halogens is 1. The zero-order chi connectivity index (χ0) is 13.3. The first-order valence-electron chi connectivity index (χ1n) is 6.66. The number of anilines is 1. The van der Waals surface area contributed by atoms with Crippen molar-refractivity contribution < 1.29 is 9.47 Å². The average Bonchev–Trinajstić information content (AvgIpc) is 2.88. The molecule has 1 aliphatic carbocycles. The summed E-state index contributed by atoms with van der Waals surface area (Å²) >= 11 is 6.14. The molecule has 0 amide bonds. The standard InChI is InChI=1S/C13H18ClN3O2/c1-17(12-11(14)8-15-9-16-12)10-2-4-13(5-3-10)18-6-7-19-13/h8-10H,2-7H2,1H3. The first-order valence-corrected chi connectivity index (χ1v) is 7.04. The molecule has 0 unspecified atom stereocenters. The van der Waals surface area contributed by atoms with Gasteiger partial charge in [0.15, 0.2) is 11.6 Å². The summed E-state index contributed by atoms with van der Waals surface area (Å²) in [7, 11) is 2.03. The summed E-state index contributed by atoms with van der Waals surface area (Å²) in [5, 5.41) is 0.596. The second kappa shape index (κ2) is 5.23. The summed E-state index contributed by atoms with van der Waals surface area (Å²) in [6.07, 6.45) is 7.09. The van der Waals surface area contributed by atoms with E-state index in [-0.39, 0.29) is 5.79 Å². The van der Waals surface area contributed by atoms with Gasteiger partial charge in [-0.25, -0.2) is 9.97 Å². The maximum Gasteiger partial charge on any atom is 0.168 e. The van der Waals surface area contributed by atoms with E-state index in [2.05, 4.69) is 14.9 Å². The normalized spacial score (nSPS) is 22.8. The van der Waals surface area contributed by atoms with Gasteiger partial charge in [0.2, 0.25) is 0 Å². The largest absolute Gasteiger partial charge is 0.355 e. The Hall–Kier alpha value is -0.910. The van der Waals surface area contributed by atoms with Gasteiger partial charge in [0.25, 0.3) is 0 Å². The topological polar surface area (TPSA) is 47.5 Å². The smallest absolute Gasteiger partial charge is 0.168 e. The van der Waals surface area contributed by atoms with Gasteiger partial charge in [-0.3, -0.25) is 0 Å². The van der Waals surface area contributed by atoms with E-state index >= 15 is 0 Å². The Morgan fingerprint density at radius 2 is 2.00 bits per heavy atom. The van der Waals surface area contributed by atoms with E-state index in [1.807, 2.05) is 7.05 Å². The van der Waals surface area contributed by atoms with E-state index in [1.165, 1.54) is 6.33 Å². The highest BCUT2D eigenvalue weighted by molar-refractivity contribution is 6.32. The lowest BCUT2D eigenvalue weighted by Gasteiger charge is -2.39. The van der Waals surface area contributed by atoms with Crippen LogP contribution in [0.15, 0.2) is 12.5 Å². The van der Waals surface area contributed by atoms with Gasteiger partial charge < -0.3 is 14.4 Å². The van der Waals surface area contributed by atoms with Crippen LogP contribution < -0.4 is 4.90 Å².